The van der Waals surface area contributed by atoms with Crippen molar-refractivity contribution >= 4 is 0 Å². The van der Waals surface area contributed by atoms with Crippen LogP contribution in [-0.4, -0.2) is 34.5 Å². The molecule has 25 heavy (non-hydrogen) atoms. The highest BCUT2D eigenvalue weighted by atomic mass is 16.5. The summed E-state index contributed by atoms with van der Waals surface area (Å²) >= 11 is 0. The van der Waals surface area contributed by atoms with Gasteiger partial charge in [-0.25, -0.2) is 0 Å². The molecule has 0 amide bonds. The fourth-order valence-electron chi connectivity index (χ4n) is 5.89. The molecule has 2 saturated carbocycles. The molecule has 2 aliphatic carbocycles. The Kier molecular flexibility index (Phi) is 5.40. The quantitative estimate of drug-likeness (QED) is 0.853. The summed E-state index contributed by atoms with van der Waals surface area (Å²) in [5, 5.41) is 20.6. The van der Waals surface area contributed by atoms with Crippen LogP contribution in [0, 0.1) is 28.6 Å². The molecule has 2 aliphatic rings. The lowest BCUT2D eigenvalue weighted by Gasteiger charge is -2.61. The fourth-order valence-corrected chi connectivity index (χ4v) is 5.89. The van der Waals surface area contributed by atoms with Gasteiger partial charge < -0.3 is 14.9 Å². The number of nitrogens with zero attached hydrogens (tertiary/aromatic N) is 1. The molecule has 140 valence electrons. The number of hydrogen-bond donors (Lipinski definition) is 2. The van der Waals surface area contributed by atoms with Gasteiger partial charge in [-0.2, -0.15) is 0 Å². The molecule has 4 nitrogen and oxygen atoms in total. The first kappa shape index (κ1) is 18.7. The number of hydrogen-bond acceptors (Lipinski definition) is 4. The van der Waals surface area contributed by atoms with E-state index in [1.54, 1.807) is 12.4 Å². The molecule has 2 fully saturated rings. The SMILES string of the molecule is CC1CCC2[C@@](C)(CC[C@@H](O)[C@@]2(C)CO)C1CCOc1ccncc1. The second-order valence-electron chi connectivity index (χ2n) is 8.76. The van der Waals surface area contributed by atoms with E-state index >= 15 is 0 Å². The van der Waals surface area contributed by atoms with Crippen molar-refractivity contribution in [2.45, 2.75) is 59.0 Å². The van der Waals surface area contributed by atoms with Gasteiger partial charge in [-0.05, 0) is 61.0 Å². The van der Waals surface area contributed by atoms with E-state index in [-0.39, 0.29) is 17.4 Å². The average Bonchev–Trinajstić information content (AvgIpc) is 2.62. The second kappa shape index (κ2) is 7.24. The van der Waals surface area contributed by atoms with Crippen molar-refractivity contribution in [2.24, 2.45) is 28.6 Å². The van der Waals surface area contributed by atoms with Crippen LogP contribution in [0.5, 0.6) is 5.75 Å². The Morgan fingerprint density at radius 1 is 1.20 bits per heavy atom. The van der Waals surface area contributed by atoms with Crippen LogP contribution < -0.4 is 4.74 Å². The highest BCUT2D eigenvalue weighted by Gasteiger charge is 2.57. The molecule has 1 aromatic heterocycles. The minimum absolute atomic E-state index is 0.0725. The first-order valence-corrected chi connectivity index (χ1v) is 9.73. The molecule has 3 unspecified atom stereocenters. The third-order valence-electron chi connectivity index (χ3n) is 7.44. The Bertz CT molecular complexity index is 566. The zero-order chi connectivity index (χ0) is 18.1. The zero-order valence-electron chi connectivity index (χ0n) is 15.8. The molecule has 3 rings (SSSR count). The van der Waals surface area contributed by atoms with E-state index in [4.69, 9.17) is 4.74 Å². The van der Waals surface area contributed by atoms with Crippen molar-refractivity contribution in [3.8, 4) is 5.75 Å². The normalized spacial score (nSPS) is 41.2. The van der Waals surface area contributed by atoms with Gasteiger partial charge in [-0.1, -0.05) is 27.2 Å². The van der Waals surface area contributed by atoms with E-state index in [9.17, 15) is 10.2 Å². The van der Waals surface area contributed by atoms with Crippen molar-refractivity contribution in [2.75, 3.05) is 13.2 Å². The van der Waals surface area contributed by atoms with E-state index in [1.807, 2.05) is 12.1 Å². The molecule has 0 aliphatic heterocycles. The zero-order valence-corrected chi connectivity index (χ0v) is 15.8. The number of aliphatic hydroxyl groups is 2. The van der Waals surface area contributed by atoms with Gasteiger partial charge in [0.05, 0.1) is 19.3 Å². The first-order chi connectivity index (χ1) is 11.9. The number of ether oxygens (including phenoxy) is 1. The van der Waals surface area contributed by atoms with Crippen LogP contribution in [0.25, 0.3) is 0 Å². The minimum atomic E-state index is -0.391. The van der Waals surface area contributed by atoms with Crippen LogP contribution in [-0.2, 0) is 0 Å². The van der Waals surface area contributed by atoms with E-state index in [0.29, 0.717) is 24.4 Å². The van der Waals surface area contributed by atoms with E-state index in [2.05, 4.69) is 25.8 Å². The summed E-state index contributed by atoms with van der Waals surface area (Å²) in [5.74, 6) is 2.46. The smallest absolute Gasteiger partial charge is 0.122 e. The Morgan fingerprint density at radius 2 is 1.92 bits per heavy atom. The summed E-state index contributed by atoms with van der Waals surface area (Å²) in [4.78, 5) is 4.03. The molecule has 0 bridgehead atoms. The highest BCUT2D eigenvalue weighted by molar-refractivity contribution is 5.16. The van der Waals surface area contributed by atoms with Gasteiger partial charge in [0.15, 0.2) is 0 Å². The Morgan fingerprint density at radius 3 is 2.60 bits per heavy atom. The van der Waals surface area contributed by atoms with Crippen LogP contribution in [0.3, 0.4) is 0 Å². The lowest BCUT2D eigenvalue weighted by Crippen LogP contribution is -2.58. The van der Waals surface area contributed by atoms with Crippen molar-refractivity contribution in [3.05, 3.63) is 24.5 Å². The first-order valence-electron chi connectivity index (χ1n) is 9.73. The molecule has 0 spiro atoms. The number of pyridine rings is 1. The van der Waals surface area contributed by atoms with Gasteiger partial charge in [-0.15, -0.1) is 0 Å². The van der Waals surface area contributed by atoms with Gasteiger partial charge in [0.1, 0.15) is 5.75 Å². The van der Waals surface area contributed by atoms with Gasteiger partial charge in [0.2, 0.25) is 0 Å². The predicted octanol–water partition coefficient (Wildman–Crippen LogP) is 3.67. The summed E-state index contributed by atoms with van der Waals surface area (Å²) in [6.07, 6.45) is 8.25. The summed E-state index contributed by atoms with van der Waals surface area (Å²) in [6.45, 7) is 7.62. The summed E-state index contributed by atoms with van der Waals surface area (Å²) in [6, 6.07) is 3.79. The second-order valence-corrected chi connectivity index (χ2v) is 8.76. The number of aliphatic hydroxyl groups excluding tert-OH is 2. The van der Waals surface area contributed by atoms with E-state index in [0.717, 1.165) is 31.4 Å². The summed E-state index contributed by atoms with van der Waals surface area (Å²) < 4.78 is 5.94. The molecule has 0 saturated heterocycles. The number of rotatable bonds is 5. The molecule has 0 radical (unpaired) electrons. The lowest BCUT2D eigenvalue weighted by atomic mass is 9.45. The van der Waals surface area contributed by atoms with Crippen molar-refractivity contribution in [1.82, 2.24) is 4.98 Å². The van der Waals surface area contributed by atoms with Crippen LogP contribution in [0.4, 0.5) is 0 Å². The molecule has 4 heteroatoms. The van der Waals surface area contributed by atoms with Crippen molar-refractivity contribution in [3.63, 3.8) is 0 Å². The maximum atomic E-state index is 10.6. The third kappa shape index (κ3) is 3.31. The molecule has 6 atom stereocenters. The maximum absolute atomic E-state index is 10.6. The molecule has 1 aromatic rings. The van der Waals surface area contributed by atoms with Crippen LogP contribution in [0.1, 0.15) is 52.9 Å². The lowest BCUT2D eigenvalue weighted by molar-refractivity contribution is -0.173. The van der Waals surface area contributed by atoms with Gasteiger partial charge in [-0.3, -0.25) is 4.98 Å². The standard InChI is InChI=1S/C21H33NO3/c1-15-4-5-18-20(2,10-6-19(24)21(18,3)14-23)17(15)9-13-25-16-7-11-22-12-8-16/h7-8,11-12,15,17-19,23-24H,4-6,9-10,13-14H2,1-3H3/t15?,17?,18?,19-,20+,21+/m1/s1. The molecular formula is C21H33NO3. The van der Waals surface area contributed by atoms with Crippen LogP contribution >= 0.6 is 0 Å². The molecular weight excluding hydrogens is 314 g/mol. The average molecular weight is 347 g/mol. The molecule has 2 N–H and O–H groups in total. The number of aromatic nitrogens is 1. The minimum Gasteiger partial charge on any atom is -0.493 e. The molecule has 1 heterocycles. The summed E-state index contributed by atoms with van der Waals surface area (Å²) in [7, 11) is 0. The largest absolute Gasteiger partial charge is 0.493 e. The maximum Gasteiger partial charge on any atom is 0.122 e. The predicted molar refractivity (Wildman–Crippen MR) is 98.3 cm³/mol. The monoisotopic (exact) mass is 347 g/mol. The van der Waals surface area contributed by atoms with Crippen molar-refractivity contribution in [1.29, 1.82) is 0 Å². The summed E-state index contributed by atoms with van der Waals surface area (Å²) in [5.41, 5.74) is -0.215. The van der Waals surface area contributed by atoms with Gasteiger partial charge >= 0.3 is 0 Å². The van der Waals surface area contributed by atoms with Gasteiger partial charge in [0, 0.05) is 17.8 Å². The van der Waals surface area contributed by atoms with Crippen LogP contribution in [0.2, 0.25) is 0 Å². The van der Waals surface area contributed by atoms with E-state index in [1.165, 1.54) is 6.42 Å². The number of fused-ring (bicyclic) bond motifs is 1. The third-order valence-corrected chi connectivity index (χ3v) is 7.44. The van der Waals surface area contributed by atoms with Crippen LogP contribution in [0.15, 0.2) is 24.5 Å². The Labute approximate surface area is 151 Å². The van der Waals surface area contributed by atoms with Gasteiger partial charge in [0.25, 0.3) is 0 Å². The fraction of sp³-hybridized carbons (Fsp3) is 0.762. The van der Waals surface area contributed by atoms with E-state index < -0.39 is 6.10 Å². The Balaban J connectivity index is 1.73. The Hall–Kier alpha value is -1.13. The topological polar surface area (TPSA) is 62.6 Å². The highest BCUT2D eigenvalue weighted by Crippen LogP contribution is 2.61. The molecule has 0 aromatic carbocycles. The van der Waals surface area contributed by atoms with Crippen molar-refractivity contribution < 1.29 is 14.9 Å².